The Hall–Kier alpha value is -1.33. The van der Waals surface area contributed by atoms with Gasteiger partial charge in [0.1, 0.15) is 5.82 Å². The first kappa shape index (κ1) is 13.1. The second kappa shape index (κ2) is 5.54. The number of aryl methyl sites for hydroxylation is 1. The van der Waals surface area contributed by atoms with Crippen molar-refractivity contribution in [1.82, 2.24) is 9.78 Å². The Morgan fingerprint density at radius 2 is 2.28 bits per heavy atom. The van der Waals surface area contributed by atoms with E-state index in [4.69, 9.17) is 5.73 Å². The predicted octanol–water partition coefficient (Wildman–Crippen LogP) is 2.60. The molecule has 18 heavy (non-hydrogen) atoms. The molecule has 1 aromatic heterocycles. The van der Waals surface area contributed by atoms with Gasteiger partial charge in [-0.3, -0.25) is 4.68 Å². The number of hydrogen-bond donors (Lipinski definition) is 1. The van der Waals surface area contributed by atoms with Crippen molar-refractivity contribution in [3.63, 3.8) is 0 Å². The largest absolute Gasteiger partial charge is 0.328 e. The van der Waals surface area contributed by atoms with Crippen molar-refractivity contribution < 1.29 is 4.39 Å². The molecular formula is C13H16FN3S. The minimum absolute atomic E-state index is 0.0600. The van der Waals surface area contributed by atoms with Gasteiger partial charge in [-0.2, -0.15) is 5.10 Å². The van der Waals surface area contributed by atoms with Crippen molar-refractivity contribution in [3.8, 4) is 0 Å². The maximum absolute atomic E-state index is 13.8. The van der Waals surface area contributed by atoms with Gasteiger partial charge >= 0.3 is 0 Å². The number of hydrogen-bond acceptors (Lipinski definition) is 3. The molecule has 0 spiro atoms. The van der Waals surface area contributed by atoms with Gasteiger partial charge in [0.25, 0.3) is 0 Å². The Bertz CT molecular complexity index is 537. The lowest BCUT2D eigenvalue weighted by molar-refractivity contribution is 0.588. The van der Waals surface area contributed by atoms with Crippen LogP contribution in [-0.2, 0) is 13.5 Å². The molecule has 1 unspecified atom stereocenters. The number of nitrogens with two attached hydrogens (primary N) is 1. The summed E-state index contributed by atoms with van der Waals surface area (Å²) in [5.74, 6) is -0.193. The lowest BCUT2D eigenvalue weighted by Gasteiger charge is -2.11. The molecule has 1 atom stereocenters. The SMILES string of the molecule is CC(N)Cc1c(F)cccc1Sc1cnn(C)c1. The Balaban J connectivity index is 2.29. The van der Waals surface area contributed by atoms with E-state index in [0.717, 1.165) is 9.79 Å². The summed E-state index contributed by atoms with van der Waals surface area (Å²) in [6.45, 7) is 1.88. The number of aromatic nitrogens is 2. The number of halogens is 1. The van der Waals surface area contributed by atoms with Crippen molar-refractivity contribution in [3.05, 3.63) is 42.0 Å². The van der Waals surface area contributed by atoms with Crippen LogP contribution in [0.15, 0.2) is 40.4 Å². The van der Waals surface area contributed by atoms with Gasteiger partial charge in [0.15, 0.2) is 0 Å². The van der Waals surface area contributed by atoms with Crippen LogP contribution in [0.2, 0.25) is 0 Å². The Kier molecular flexibility index (Phi) is 4.04. The zero-order chi connectivity index (χ0) is 13.1. The molecule has 96 valence electrons. The Labute approximate surface area is 110 Å². The monoisotopic (exact) mass is 265 g/mol. The Morgan fingerprint density at radius 3 is 2.89 bits per heavy atom. The first-order chi connectivity index (χ1) is 8.56. The fourth-order valence-corrected chi connectivity index (χ4v) is 2.74. The van der Waals surface area contributed by atoms with Crippen LogP contribution in [0.1, 0.15) is 12.5 Å². The number of benzene rings is 1. The van der Waals surface area contributed by atoms with E-state index in [1.165, 1.54) is 17.8 Å². The van der Waals surface area contributed by atoms with E-state index in [2.05, 4.69) is 5.10 Å². The van der Waals surface area contributed by atoms with Crippen molar-refractivity contribution in [1.29, 1.82) is 0 Å². The zero-order valence-corrected chi connectivity index (χ0v) is 11.2. The molecule has 0 radical (unpaired) electrons. The smallest absolute Gasteiger partial charge is 0.127 e. The minimum Gasteiger partial charge on any atom is -0.328 e. The molecule has 0 saturated heterocycles. The molecule has 0 bridgehead atoms. The van der Waals surface area contributed by atoms with Gasteiger partial charge in [0.05, 0.1) is 11.1 Å². The molecule has 1 aromatic carbocycles. The van der Waals surface area contributed by atoms with Crippen molar-refractivity contribution in [2.75, 3.05) is 0 Å². The molecule has 0 aliphatic rings. The van der Waals surface area contributed by atoms with Crippen LogP contribution in [0.3, 0.4) is 0 Å². The molecule has 2 N–H and O–H groups in total. The maximum Gasteiger partial charge on any atom is 0.127 e. The normalized spacial score (nSPS) is 12.7. The molecule has 0 saturated carbocycles. The summed E-state index contributed by atoms with van der Waals surface area (Å²) in [4.78, 5) is 1.90. The first-order valence-electron chi connectivity index (χ1n) is 5.75. The first-order valence-corrected chi connectivity index (χ1v) is 6.57. The fraction of sp³-hybridized carbons (Fsp3) is 0.308. The summed E-state index contributed by atoms with van der Waals surface area (Å²) in [6.07, 6.45) is 4.21. The molecule has 0 aliphatic heterocycles. The van der Waals surface area contributed by atoms with Crippen LogP contribution in [0.4, 0.5) is 4.39 Å². The summed E-state index contributed by atoms with van der Waals surface area (Å²) >= 11 is 1.51. The van der Waals surface area contributed by atoms with Gasteiger partial charge in [-0.15, -0.1) is 0 Å². The van der Waals surface area contributed by atoms with Gasteiger partial charge in [-0.1, -0.05) is 17.8 Å². The van der Waals surface area contributed by atoms with Crippen LogP contribution >= 0.6 is 11.8 Å². The number of rotatable bonds is 4. The van der Waals surface area contributed by atoms with E-state index in [0.29, 0.717) is 12.0 Å². The minimum atomic E-state index is -0.193. The third kappa shape index (κ3) is 3.11. The van der Waals surface area contributed by atoms with Crippen molar-refractivity contribution in [2.45, 2.75) is 29.2 Å². The average molecular weight is 265 g/mol. The average Bonchev–Trinajstić information content (AvgIpc) is 2.69. The second-order valence-electron chi connectivity index (χ2n) is 4.35. The number of nitrogens with zero attached hydrogens (tertiary/aromatic N) is 2. The third-order valence-corrected chi connectivity index (χ3v) is 3.56. The molecular weight excluding hydrogens is 249 g/mol. The lowest BCUT2D eigenvalue weighted by atomic mass is 10.1. The van der Waals surface area contributed by atoms with Gasteiger partial charge in [-0.25, -0.2) is 4.39 Å². The van der Waals surface area contributed by atoms with Crippen molar-refractivity contribution in [2.24, 2.45) is 12.8 Å². The van der Waals surface area contributed by atoms with Gasteiger partial charge < -0.3 is 5.73 Å². The highest BCUT2D eigenvalue weighted by Crippen LogP contribution is 2.31. The predicted molar refractivity (Wildman–Crippen MR) is 71.1 cm³/mol. The molecule has 3 nitrogen and oxygen atoms in total. The molecule has 5 heteroatoms. The van der Waals surface area contributed by atoms with E-state index in [9.17, 15) is 4.39 Å². The van der Waals surface area contributed by atoms with Crippen molar-refractivity contribution >= 4 is 11.8 Å². The highest BCUT2D eigenvalue weighted by molar-refractivity contribution is 7.99. The van der Waals surface area contributed by atoms with Gasteiger partial charge in [0, 0.05) is 29.7 Å². The summed E-state index contributed by atoms with van der Waals surface area (Å²) < 4.78 is 15.6. The summed E-state index contributed by atoms with van der Waals surface area (Å²) in [5, 5.41) is 4.10. The van der Waals surface area contributed by atoms with Crippen LogP contribution in [0, 0.1) is 5.82 Å². The summed E-state index contributed by atoms with van der Waals surface area (Å²) in [5.41, 5.74) is 6.45. The van der Waals surface area contributed by atoms with E-state index in [1.807, 2.05) is 26.2 Å². The van der Waals surface area contributed by atoms with E-state index >= 15 is 0 Å². The third-order valence-electron chi connectivity index (χ3n) is 2.51. The van der Waals surface area contributed by atoms with E-state index in [1.54, 1.807) is 16.9 Å². The van der Waals surface area contributed by atoms with Crippen LogP contribution in [0.5, 0.6) is 0 Å². The van der Waals surface area contributed by atoms with Crippen LogP contribution in [-0.4, -0.2) is 15.8 Å². The Morgan fingerprint density at radius 1 is 1.50 bits per heavy atom. The standard InChI is InChI=1S/C13H16FN3S/c1-9(15)6-11-12(14)4-3-5-13(11)18-10-7-16-17(2)8-10/h3-5,7-9H,6,15H2,1-2H3. The fourth-order valence-electron chi connectivity index (χ4n) is 1.73. The molecule has 0 aliphatic carbocycles. The van der Waals surface area contributed by atoms with E-state index < -0.39 is 0 Å². The zero-order valence-electron chi connectivity index (χ0n) is 10.4. The maximum atomic E-state index is 13.8. The molecule has 2 aromatic rings. The summed E-state index contributed by atoms with van der Waals surface area (Å²) in [7, 11) is 1.86. The second-order valence-corrected chi connectivity index (χ2v) is 5.47. The topological polar surface area (TPSA) is 43.8 Å². The molecule has 0 amide bonds. The highest BCUT2D eigenvalue weighted by atomic mass is 32.2. The quantitative estimate of drug-likeness (QED) is 0.924. The van der Waals surface area contributed by atoms with E-state index in [-0.39, 0.29) is 11.9 Å². The highest BCUT2D eigenvalue weighted by Gasteiger charge is 2.12. The lowest BCUT2D eigenvalue weighted by Crippen LogP contribution is -2.19. The molecule has 1 heterocycles. The van der Waals surface area contributed by atoms with Crippen LogP contribution in [0.25, 0.3) is 0 Å². The van der Waals surface area contributed by atoms with Gasteiger partial charge in [0.2, 0.25) is 0 Å². The van der Waals surface area contributed by atoms with Crippen LogP contribution < -0.4 is 5.73 Å². The molecule has 0 fully saturated rings. The molecule has 2 rings (SSSR count). The van der Waals surface area contributed by atoms with Gasteiger partial charge in [-0.05, 0) is 25.5 Å². The summed E-state index contributed by atoms with van der Waals surface area (Å²) in [6, 6.07) is 5.05.